The molecule has 1 saturated carbocycles. The van der Waals surface area contributed by atoms with Gasteiger partial charge in [-0.3, -0.25) is 4.79 Å². The molecule has 1 aliphatic carbocycles. The minimum absolute atomic E-state index is 0.100. The molecule has 0 aliphatic heterocycles. The molecule has 0 aromatic rings. The summed E-state index contributed by atoms with van der Waals surface area (Å²) in [5, 5.41) is 14.1. The molecule has 3 N–H and O–H groups in total. The second-order valence-corrected chi connectivity index (χ2v) is 5.35. The van der Waals surface area contributed by atoms with Crippen LogP contribution in [0.2, 0.25) is 0 Å². The Morgan fingerprint density at radius 1 is 1.00 bits per heavy atom. The molecule has 0 saturated heterocycles. The third kappa shape index (κ3) is 8.46. The molecular formula is C14H26N2O3. The number of aliphatic carboxylic acids is 1. The van der Waals surface area contributed by atoms with Crippen molar-refractivity contribution in [3.8, 4) is 0 Å². The van der Waals surface area contributed by atoms with Crippen molar-refractivity contribution in [2.45, 2.75) is 57.8 Å². The lowest BCUT2D eigenvalue weighted by atomic mass is 9.91. The lowest BCUT2D eigenvalue weighted by Gasteiger charge is -2.20. The zero-order valence-electron chi connectivity index (χ0n) is 11.6. The molecule has 2 amide bonds. The van der Waals surface area contributed by atoms with E-state index in [9.17, 15) is 9.59 Å². The molecule has 0 aromatic carbocycles. The van der Waals surface area contributed by atoms with Gasteiger partial charge in [0.25, 0.3) is 0 Å². The van der Waals surface area contributed by atoms with Crippen molar-refractivity contribution in [2.24, 2.45) is 5.92 Å². The zero-order chi connectivity index (χ0) is 13.9. The molecule has 5 heteroatoms. The lowest BCUT2D eigenvalue weighted by Crippen LogP contribution is -2.38. The van der Waals surface area contributed by atoms with Crippen LogP contribution < -0.4 is 10.6 Å². The molecule has 0 aromatic heterocycles. The van der Waals surface area contributed by atoms with Gasteiger partial charge in [-0.1, -0.05) is 32.1 Å². The Labute approximate surface area is 115 Å². The molecule has 0 radical (unpaired) electrons. The highest BCUT2D eigenvalue weighted by Crippen LogP contribution is 2.21. The van der Waals surface area contributed by atoms with Crippen LogP contribution in [0.4, 0.5) is 4.79 Å². The largest absolute Gasteiger partial charge is 0.481 e. The van der Waals surface area contributed by atoms with Gasteiger partial charge in [0.15, 0.2) is 0 Å². The van der Waals surface area contributed by atoms with E-state index in [1.54, 1.807) is 0 Å². The van der Waals surface area contributed by atoms with Gasteiger partial charge in [-0.2, -0.15) is 0 Å². The first-order valence-electron chi connectivity index (χ1n) is 7.42. The molecule has 0 unspecified atom stereocenters. The van der Waals surface area contributed by atoms with E-state index >= 15 is 0 Å². The second kappa shape index (κ2) is 9.64. The second-order valence-electron chi connectivity index (χ2n) is 5.35. The number of hydrogen-bond acceptors (Lipinski definition) is 2. The molecule has 0 heterocycles. The molecule has 19 heavy (non-hydrogen) atoms. The molecular weight excluding hydrogens is 244 g/mol. The lowest BCUT2D eigenvalue weighted by molar-refractivity contribution is -0.137. The Morgan fingerprint density at radius 2 is 1.63 bits per heavy atom. The summed E-state index contributed by atoms with van der Waals surface area (Å²) in [7, 11) is 0. The van der Waals surface area contributed by atoms with Gasteiger partial charge >= 0.3 is 12.0 Å². The number of carboxylic acids is 1. The van der Waals surface area contributed by atoms with Crippen molar-refractivity contribution in [2.75, 3.05) is 13.1 Å². The fourth-order valence-corrected chi connectivity index (χ4v) is 2.49. The van der Waals surface area contributed by atoms with Crippen LogP contribution in [-0.2, 0) is 4.79 Å². The molecule has 5 nitrogen and oxygen atoms in total. The summed E-state index contributed by atoms with van der Waals surface area (Å²) in [6, 6.07) is -0.174. The highest BCUT2D eigenvalue weighted by molar-refractivity contribution is 5.73. The van der Waals surface area contributed by atoms with Crippen LogP contribution in [0, 0.1) is 5.92 Å². The fourth-order valence-electron chi connectivity index (χ4n) is 2.49. The molecule has 1 aliphatic rings. The monoisotopic (exact) mass is 270 g/mol. The van der Waals surface area contributed by atoms with E-state index in [4.69, 9.17) is 5.11 Å². The highest BCUT2D eigenvalue weighted by atomic mass is 16.4. The summed E-state index contributed by atoms with van der Waals surface area (Å²) in [6.45, 7) is 1.16. The van der Waals surface area contributed by atoms with E-state index in [-0.39, 0.29) is 12.5 Å². The van der Waals surface area contributed by atoms with Crippen molar-refractivity contribution in [3.05, 3.63) is 0 Å². The van der Waals surface area contributed by atoms with Gasteiger partial charge in [0.05, 0.1) is 0 Å². The van der Waals surface area contributed by atoms with Gasteiger partial charge < -0.3 is 15.7 Å². The van der Waals surface area contributed by atoms with E-state index in [0.717, 1.165) is 6.54 Å². The van der Waals surface area contributed by atoms with Crippen LogP contribution in [0.3, 0.4) is 0 Å². The number of nitrogens with one attached hydrogen (secondary N) is 2. The SMILES string of the molecule is O=C(O)CCCNC(=O)NCC1CCCCCCC1. The maximum Gasteiger partial charge on any atom is 0.314 e. The number of rotatable bonds is 6. The van der Waals surface area contributed by atoms with Gasteiger partial charge in [0.1, 0.15) is 0 Å². The Hall–Kier alpha value is -1.26. The fraction of sp³-hybridized carbons (Fsp3) is 0.857. The van der Waals surface area contributed by atoms with Crippen LogP contribution in [0.1, 0.15) is 57.8 Å². The van der Waals surface area contributed by atoms with E-state index in [0.29, 0.717) is 18.9 Å². The van der Waals surface area contributed by atoms with Crippen molar-refractivity contribution in [1.82, 2.24) is 10.6 Å². The first kappa shape index (κ1) is 15.8. The molecule has 1 fully saturated rings. The minimum atomic E-state index is -0.822. The molecule has 110 valence electrons. The predicted molar refractivity (Wildman–Crippen MR) is 74.1 cm³/mol. The van der Waals surface area contributed by atoms with Crippen LogP contribution >= 0.6 is 0 Å². The van der Waals surface area contributed by atoms with E-state index in [2.05, 4.69) is 10.6 Å². The summed E-state index contributed by atoms with van der Waals surface area (Å²) in [5.41, 5.74) is 0. The maximum absolute atomic E-state index is 11.5. The Morgan fingerprint density at radius 3 is 2.26 bits per heavy atom. The summed E-state index contributed by atoms with van der Waals surface area (Å²) < 4.78 is 0. The van der Waals surface area contributed by atoms with Gasteiger partial charge in [0.2, 0.25) is 0 Å². The average Bonchev–Trinajstić information content (AvgIpc) is 2.33. The first-order valence-corrected chi connectivity index (χ1v) is 7.42. The number of urea groups is 1. The van der Waals surface area contributed by atoms with Gasteiger partial charge in [0, 0.05) is 19.5 Å². The molecule has 1 rings (SSSR count). The van der Waals surface area contributed by atoms with Crippen LogP contribution in [0.15, 0.2) is 0 Å². The number of carbonyl (C=O) groups excluding carboxylic acids is 1. The Bertz CT molecular complexity index is 274. The van der Waals surface area contributed by atoms with Crippen molar-refractivity contribution < 1.29 is 14.7 Å². The highest BCUT2D eigenvalue weighted by Gasteiger charge is 2.12. The van der Waals surface area contributed by atoms with Gasteiger partial charge in [-0.15, -0.1) is 0 Å². The summed E-state index contributed by atoms with van der Waals surface area (Å²) in [5.74, 6) is -0.221. The first-order chi connectivity index (χ1) is 9.18. The van der Waals surface area contributed by atoms with Crippen molar-refractivity contribution in [3.63, 3.8) is 0 Å². The Balaban J connectivity index is 2.06. The predicted octanol–water partition coefficient (Wildman–Crippen LogP) is 2.51. The normalized spacial score (nSPS) is 17.3. The zero-order valence-corrected chi connectivity index (χ0v) is 11.6. The average molecular weight is 270 g/mol. The standard InChI is InChI=1S/C14H26N2O3/c17-13(18)9-6-10-15-14(19)16-11-12-7-4-2-1-3-5-8-12/h12H,1-11H2,(H,17,18)(H2,15,16,19). The van der Waals surface area contributed by atoms with Crippen LogP contribution in [0.5, 0.6) is 0 Å². The topological polar surface area (TPSA) is 78.4 Å². The molecule has 0 bridgehead atoms. The quantitative estimate of drug-likeness (QED) is 0.649. The smallest absolute Gasteiger partial charge is 0.314 e. The van der Waals surface area contributed by atoms with Crippen LogP contribution in [-0.4, -0.2) is 30.2 Å². The van der Waals surface area contributed by atoms with E-state index < -0.39 is 5.97 Å². The number of amides is 2. The van der Waals surface area contributed by atoms with E-state index in [1.165, 1.54) is 44.9 Å². The number of carboxylic acid groups (broad SMARTS) is 1. The summed E-state index contributed by atoms with van der Waals surface area (Å²) in [4.78, 5) is 21.8. The third-order valence-corrected chi connectivity index (χ3v) is 3.63. The maximum atomic E-state index is 11.5. The van der Waals surface area contributed by atoms with Gasteiger partial charge in [-0.05, 0) is 25.2 Å². The number of carbonyl (C=O) groups is 2. The van der Waals surface area contributed by atoms with Crippen molar-refractivity contribution >= 4 is 12.0 Å². The molecule has 0 spiro atoms. The van der Waals surface area contributed by atoms with E-state index in [1.807, 2.05) is 0 Å². The van der Waals surface area contributed by atoms with Crippen molar-refractivity contribution in [1.29, 1.82) is 0 Å². The number of hydrogen-bond donors (Lipinski definition) is 3. The summed E-state index contributed by atoms with van der Waals surface area (Å²) in [6.07, 6.45) is 9.52. The molecule has 0 atom stereocenters. The van der Waals surface area contributed by atoms with Crippen LogP contribution in [0.25, 0.3) is 0 Å². The minimum Gasteiger partial charge on any atom is -0.481 e. The Kier molecular flexibility index (Phi) is 8.02. The van der Waals surface area contributed by atoms with Gasteiger partial charge in [-0.25, -0.2) is 4.79 Å². The third-order valence-electron chi connectivity index (χ3n) is 3.63. The summed E-state index contributed by atoms with van der Waals surface area (Å²) >= 11 is 0.